The second-order valence-corrected chi connectivity index (χ2v) is 11.6. The molecule has 0 unspecified atom stereocenters. The summed E-state index contributed by atoms with van der Waals surface area (Å²) in [5.74, 6) is -1.21. The molecule has 3 aromatic rings. The molecule has 2 aliphatic heterocycles. The number of anilines is 3. The first-order valence-electron chi connectivity index (χ1n) is 13.6. The largest absolute Gasteiger partial charge is 0.488 e. The highest BCUT2D eigenvalue weighted by Gasteiger charge is 2.43. The van der Waals surface area contributed by atoms with Gasteiger partial charge < -0.3 is 20.5 Å². The van der Waals surface area contributed by atoms with Gasteiger partial charge in [-0.15, -0.1) is 0 Å². The minimum Gasteiger partial charge on any atom is -0.488 e. The van der Waals surface area contributed by atoms with Crippen molar-refractivity contribution in [2.24, 2.45) is 7.05 Å². The van der Waals surface area contributed by atoms with E-state index < -0.39 is 23.4 Å². The van der Waals surface area contributed by atoms with Gasteiger partial charge in [-0.3, -0.25) is 4.90 Å². The Balaban J connectivity index is 1.26. The van der Waals surface area contributed by atoms with Crippen LogP contribution in [0.1, 0.15) is 52.4 Å². The molecule has 0 bridgehead atoms. The minimum atomic E-state index is -0.701. The van der Waals surface area contributed by atoms with Gasteiger partial charge in [0.15, 0.2) is 17.5 Å². The number of hydrogen-bond donors (Lipinski definition) is 3. The topological polar surface area (TPSA) is 135 Å². The van der Waals surface area contributed by atoms with Gasteiger partial charge in [0.1, 0.15) is 17.5 Å². The fraction of sp³-hybridized carbons (Fsp3) is 0.577. The number of benzene rings is 1. The van der Waals surface area contributed by atoms with E-state index in [0.29, 0.717) is 18.9 Å². The SMILES string of the molecule is Cn1nnn(-c2cc(Nc3ncc(F)c(N[C@@H]4C[C@@H]5CCCN5C(C)(C)C4)n3)c(F)cc2OC2CC(O)C2)c1=O. The summed E-state index contributed by atoms with van der Waals surface area (Å²) < 4.78 is 38.0. The molecular weight excluding hydrogens is 524 g/mol. The van der Waals surface area contributed by atoms with Crippen LogP contribution in [-0.4, -0.2) is 76.1 Å². The van der Waals surface area contributed by atoms with Crippen molar-refractivity contribution in [1.82, 2.24) is 34.7 Å². The quantitative estimate of drug-likeness (QED) is 0.398. The number of nitrogens with one attached hydrogen (secondary N) is 2. The number of ether oxygens (including phenoxy) is 1. The minimum absolute atomic E-state index is 0.0129. The Morgan fingerprint density at radius 3 is 2.67 bits per heavy atom. The van der Waals surface area contributed by atoms with Crippen molar-refractivity contribution in [3.05, 3.63) is 40.4 Å². The Kier molecular flexibility index (Phi) is 6.69. The smallest absolute Gasteiger partial charge is 0.368 e. The Hall–Kier alpha value is -3.65. The molecule has 1 saturated carbocycles. The average Bonchev–Trinajstić information content (AvgIpc) is 3.49. The molecule has 2 aromatic heterocycles. The summed E-state index contributed by atoms with van der Waals surface area (Å²) in [5, 5.41) is 23.3. The number of nitrogens with zero attached hydrogens (tertiary/aromatic N) is 7. The van der Waals surface area contributed by atoms with E-state index in [-0.39, 0.29) is 46.6 Å². The zero-order chi connectivity index (χ0) is 28.2. The van der Waals surface area contributed by atoms with Crippen LogP contribution in [0.2, 0.25) is 0 Å². The summed E-state index contributed by atoms with van der Waals surface area (Å²) in [6.07, 6.45) is 5.04. The predicted molar refractivity (Wildman–Crippen MR) is 142 cm³/mol. The molecule has 40 heavy (non-hydrogen) atoms. The van der Waals surface area contributed by atoms with Gasteiger partial charge in [0.25, 0.3) is 0 Å². The number of rotatable bonds is 7. The third-order valence-corrected chi connectivity index (χ3v) is 8.15. The molecule has 6 rings (SSSR count). The molecule has 3 fully saturated rings. The maximum atomic E-state index is 15.3. The standard InChI is InChI=1S/C26H33F2N9O3/c1-26(2)12-14(7-15-5-4-6-36(15)26)30-23-19(28)13-29-24(32-23)31-20-11-21(37-25(39)35(3)33-34-37)22(10-18(20)27)40-17-8-16(38)9-17/h10-11,13-17,38H,4-9,12H2,1-3H3,(H2,29,30,31,32)/t14-,15+,16?,17?/m1/s1. The summed E-state index contributed by atoms with van der Waals surface area (Å²) in [6.45, 7) is 5.51. The fourth-order valence-electron chi connectivity index (χ4n) is 6.14. The first-order chi connectivity index (χ1) is 19.1. The monoisotopic (exact) mass is 557 g/mol. The van der Waals surface area contributed by atoms with E-state index in [1.54, 1.807) is 0 Å². The van der Waals surface area contributed by atoms with Gasteiger partial charge >= 0.3 is 5.69 Å². The first kappa shape index (κ1) is 26.6. The van der Waals surface area contributed by atoms with Gasteiger partial charge in [-0.2, -0.15) is 14.3 Å². The molecule has 214 valence electrons. The zero-order valence-corrected chi connectivity index (χ0v) is 22.6. The Morgan fingerprint density at radius 1 is 1.15 bits per heavy atom. The van der Waals surface area contributed by atoms with Crippen molar-refractivity contribution in [3.8, 4) is 11.4 Å². The number of hydrogen-bond acceptors (Lipinski definition) is 10. The molecule has 12 nitrogen and oxygen atoms in total. The molecule has 3 N–H and O–H groups in total. The number of aromatic nitrogens is 6. The zero-order valence-electron chi connectivity index (χ0n) is 22.6. The van der Waals surface area contributed by atoms with E-state index in [9.17, 15) is 14.3 Å². The highest BCUT2D eigenvalue weighted by molar-refractivity contribution is 5.63. The number of aliphatic hydroxyl groups excluding tert-OH is 1. The van der Waals surface area contributed by atoms with Gasteiger partial charge in [0.05, 0.1) is 18.0 Å². The van der Waals surface area contributed by atoms with Crippen LogP contribution in [0.25, 0.3) is 5.69 Å². The molecule has 2 atom stereocenters. The number of piperidine rings is 1. The summed E-state index contributed by atoms with van der Waals surface area (Å²) in [5.41, 5.74) is -0.487. The second kappa shape index (κ2) is 10.1. The Labute approximate surface area is 229 Å². The number of fused-ring (bicyclic) bond motifs is 1. The van der Waals surface area contributed by atoms with E-state index in [2.05, 4.69) is 49.8 Å². The number of halogens is 2. The molecule has 0 spiro atoms. The highest BCUT2D eigenvalue weighted by atomic mass is 19.1. The normalized spacial score (nSPS) is 25.8. The highest BCUT2D eigenvalue weighted by Crippen LogP contribution is 2.39. The maximum Gasteiger partial charge on any atom is 0.368 e. The molecular formula is C26H33F2N9O3. The fourth-order valence-corrected chi connectivity index (χ4v) is 6.14. The molecule has 4 heterocycles. The van der Waals surface area contributed by atoms with Crippen LogP contribution in [0.4, 0.5) is 26.2 Å². The van der Waals surface area contributed by atoms with Crippen LogP contribution >= 0.6 is 0 Å². The third-order valence-electron chi connectivity index (χ3n) is 8.15. The first-order valence-corrected chi connectivity index (χ1v) is 13.6. The predicted octanol–water partition coefficient (Wildman–Crippen LogP) is 2.50. The molecule has 14 heteroatoms. The van der Waals surface area contributed by atoms with Crippen molar-refractivity contribution in [1.29, 1.82) is 0 Å². The van der Waals surface area contributed by atoms with Crippen LogP contribution in [0.5, 0.6) is 5.75 Å². The third kappa shape index (κ3) is 5.01. The molecule has 0 amide bonds. The van der Waals surface area contributed by atoms with E-state index in [1.807, 2.05) is 0 Å². The Bertz CT molecular complexity index is 1470. The van der Waals surface area contributed by atoms with Crippen molar-refractivity contribution < 1.29 is 18.6 Å². The lowest BCUT2D eigenvalue weighted by atomic mass is 9.84. The maximum absolute atomic E-state index is 15.3. The summed E-state index contributed by atoms with van der Waals surface area (Å²) >= 11 is 0. The van der Waals surface area contributed by atoms with E-state index in [4.69, 9.17) is 4.74 Å². The number of aliphatic hydroxyl groups is 1. The van der Waals surface area contributed by atoms with Crippen LogP contribution in [0, 0.1) is 11.6 Å². The molecule has 0 radical (unpaired) electrons. The lowest BCUT2D eigenvalue weighted by Crippen LogP contribution is -2.55. The van der Waals surface area contributed by atoms with Gasteiger partial charge in [0, 0.05) is 43.6 Å². The van der Waals surface area contributed by atoms with Crippen molar-refractivity contribution in [3.63, 3.8) is 0 Å². The van der Waals surface area contributed by atoms with Gasteiger partial charge in [0.2, 0.25) is 5.95 Å². The summed E-state index contributed by atoms with van der Waals surface area (Å²) in [6, 6.07) is 2.95. The van der Waals surface area contributed by atoms with Crippen molar-refractivity contribution in [2.75, 3.05) is 17.2 Å². The van der Waals surface area contributed by atoms with Crippen LogP contribution in [-0.2, 0) is 7.05 Å². The van der Waals surface area contributed by atoms with E-state index in [0.717, 1.165) is 53.9 Å². The second-order valence-electron chi connectivity index (χ2n) is 11.6. The van der Waals surface area contributed by atoms with Crippen LogP contribution < -0.4 is 21.1 Å². The molecule has 3 aliphatic rings. The van der Waals surface area contributed by atoms with Crippen molar-refractivity contribution >= 4 is 17.5 Å². The summed E-state index contributed by atoms with van der Waals surface area (Å²) in [7, 11) is 1.44. The lowest BCUT2D eigenvalue weighted by molar-refractivity contribution is -0.0109. The van der Waals surface area contributed by atoms with Crippen LogP contribution in [0.15, 0.2) is 23.1 Å². The molecule has 1 aliphatic carbocycles. The number of tetrazole rings is 1. The number of aryl methyl sites for hydroxylation is 1. The Morgan fingerprint density at radius 2 is 1.95 bits per heavy atom. The lowest BCUT2D eigenvalue weighted by Gasteiger charge is -2.47. The van der Waals surface area contributed by atoms with Gasteiger partial charge in [-0.25, -0.2) is 18.6 Å². The van der Waals surface area contributed by atoms with Crippen molar-refractivity contribution in [2.45, 2.75) is 82.2 Å². The average molecular weight is 558 g/mol. The molecule has 2 saturated heterocycles. The van der Waals surface area contributed by atoms with E-state index in [1.165, 1.54) is 13.1 Å². The summed E-state index contributed by atoms with van der Waals surface area (Å²) in [4.78, 5) is 23.5. The van der Waals surface area contributed by atoms with E-state index >= 15 is 4.39 Å². The van der Waals surface area contributed by atoms with Gasteiger partial charge in [-0.05, 0) is 62.6 Å². The molecule has 1 aromatic carbocycles. The van der Waals surface area contributed by atoms with Gasteiger partial charge in [-0.1, -0.05) is 0 Å². The van der Waals surface area contributed by atoms with Crippen LogP contribution in [0.3, 0.4) is 0 Å².